The summed E-state index contributed by atoms with van der Waals surface area (Å²) >= 11 is 0. The van der Waals surface area contributed by atoms with Crippen LogP contribution in [0.4, 0.5) is 0 Å². The lowest BCUT2D eigenvalue weighted by Crippen LogP contribution is -2.38. The highest BCUT2D eigenvalue weighted by Gasteiger charge is 2.20. The van der Waals surface area contributed by atoms with Crippen LogP contribution in [0.1, 0.15) is 73.1 Å². The highest BCUT2D eigenvalue weighted by molar-refractivity contribution is 5.76. The molecule has 0 aromatic carbocycles. The third-order valence-electron chi connectivity index (χ3n) is 3.23. The van der Waals surface area contributed by atoms with Crippen molar-refractivity contribution in [3.8, 4) is 0 Å². The molecule has 19 heavy (non-hydrogen) atoms. The van der Waals surface area contributed by atoms with Crippen LogP contribution in [0, 0.1) is 5.41 Å². The summed E-state index contributed by atoms with van der Waals surface area (Å²) in [5, 5.41) is 0. The van der Waals surface area contributed by atoms with Crippen LogP contribution in [0.3, 0.4) is 0 Å². The fourth-order valence-electron chi connectivity index (χ4n) is 2.27. The van der Waals surface area contributed by atoms with Crippen LogP contribution < -0.4 is 5.73 Å². The Morgan fingerprint density at radius 1 is 1.11 bits per heavy atom. The predicted octanol–water partition coefficient (Wildman–Crippen LogP) is 3.57. The van der Waals surface area contributed by atoms with E-state index < -0.39 is 0 Å². The lowest BCUT2D eigenvalue weighted by Gasteiger charge is -2.27. The van der Waals surface area contributed by atoms with Crippen LogP contribution in [0.25, 0.3) is 0 Å². The highest BCUT2D eigenvalue weighted by Crippen LogP contribution is 2.21. The molecule has 0 spiro atoms. The second kappa shape index (κ2) is 9.35. The number of hydrogen-bond donors (Lipinski definition) is 1. The van der Waals surface area contributed by atoms with Gasteiger partial charge in [0.2, 0.25) is 5.91 Å². The molecule has 3 nitrogen and oxygen atoms in total. The average Bonchev–Trinajstić information content (AvgIpc) is 2.26. The van der Waals surface area contributed by atoms with E-state index in [0.29, 0.717) is 6.42 Å². The van der Waals surface area contributed by atoms with E-state index in [1.807, 2.05) is 4.90 Å². The number of amides is 1. The fraction of sp³-hybridized carbons (Fsp3) is 0.938. The second-order valence-electron chi connectivity index (χ2n) is 6.82. The van der Waals surface area contributed by atoms with Gasteiger partial charge >= 0.3 is 0 Å². The van der Waals surface area contributed by atoms with E-state index in [0.717, 1.165) is 45.2 Å². The first-order chi connectivity index (χ1) is 8.80. The van der Waals surface area contributed by atoms with Crippen LogP contribution >= 0.6 is 0 Å². The normalized spacial score (nSPS) is 13.4. The maximum atomic E-state index is 12.3. The standard InChI is InChI=1S/C16H34N2O/c1-6-8-10-18(11-9-7-2)15(19)12-14(17)13-16(3,4)5/h14H,6-13,17H2,1-5H3. The smallest absolute Gasteiger partial charge is 0.224 e. The minimum Gasteiger partial charge on any atom is -0.343 e. The van der Waals surface area contributed by atoms with Crippen molar-refractivity contribution in [3.63, 3.8) is 0 Å². The number of rotatable bonds is 9. The van der Waals surface area contributed by atoms with Crippen LogP contribution in [0.2, 0.25) is 0 Å². The van der Waals surface area contributed by atoms with Crippen LogP contribution in [-0.4, -0.2) is 29.9 Å². The molecule has 1 unspecified atom stereocenters. The van der Waals surface area contributed by atoms with E-state index in [2.05, 4.69) is 34.6 Å². The van der Waals surface area contributed by atoms with Gasteiger partial charge in [-0.25, -0.2) is 0 Å². The maximum Gasteiger partial charge on any atom is 0.224 e. The molecule has 1 atom stereocenters. The summed E-state index contributed by atoms with van der Waals surface area (Å²) in [6.07, 6.45) is 5.82. The number of hydrogen-bond acceptors (Lipinski definition) is 2. The molecule has 0 saturated heterocycles. The van der Waals surface area contributed by atoms with Gasteiger partial charge in [-0.15, -0.1) is 0 Å². The Bertz CT molecular complexity index is 238. The zero-order valence-corrected chi connectivity index (χ0v) is 13.7. The predicted molar refractivity (Wildman–Crippen MR) is 83.1 cm³/mol. The van der Waals surface area contributed by atoms with Gasteiger partial charge < -0.3 is 10.6 Å². The summed E-state index contributed by atoms with van der Waals surface area (Å²) in [4.78, 5) is 14.3. The van der Waals surface area contributed by atoms with Gasteiger partial charge in [0, 0.05) is 25.6 Å². The van der Waals surface area contributed by atoms with Gasteiger partial charge in [0.25, 0.3) is 0 Å². The minimum absolute atomic E-state index is 0.0155. The number of nitrogens with zero attached hydrogens (tertiary/aromatic N) is 1. The summed E-state index contributed by atoms with van der Waals surface area (Å²) in [5.41, 5.74) is 6.30. The molecule has 1 amide bonds. The molecule has 114 valence electrons. The molecular formula is C16H34N2O. The molecule has 0 aliphatic carbocycles. The zero-order valence-electron chi connectivity index (χ0n) is 13.7. The fourth-order valence-corrected chi connectivity index (χ4v) is 2.27. The Morgan fingerprint density at radius 2 is 1.58 bits per heavy atom. The molecule has 0 aromatic heterocycles. The molecule has 0 fully saturated rings. The number of carbonyl (C=O) groups excluding carboxylic acids is 1. The molecule has 0 saturated carbocycles. The molecule has 0 bridgehead atoms. The van der Waals surface area contributed by atoms with Gasteiger partial charge in [0.15, 0.2) is 0 Å². The van der Waals surface area contributed by atoms with Crippen molar-refractivity contribution in [1.82, 2.24) is 4.90 Å². The van der Waals surface area contributed by atoms with Gasteiger partial charge in [0.05, 0.1) is 0 Å². The molecule has 0 rings (SSSR count). The SMILES string of the molecule is CCCCN(CCCC)C(=O)CC(N)CC(C)(C)C. The summed E-state index contributed by atoms with van der Waals surface area (Å²) < 4.78 is 0. The van der Waals surface area contributed by atoms with Crippen molar-refractivity contribution in [3.05, 3.63) is 0 Å². The quantitative estimate of drug-likeness (QED) is 0.696. The average molecular weight is 270 g/mol. The number of carbonyl (C=O) groups is 1. The Morgan fingerprint density at radius 3 is 1.95 bits per heavy atom. The van der Waals surface area contributed by atoms with Crippen LogP contribution in [0.15, 0.2) is 0 Å². The van der Waals surface area contributed by atoms with Gasteiger partial charge in [-0.2, -0.15) is 0 Å². The summed E-state index contributed by atoms with van der Waals surface area (Å²) in [6, 6.07) is -0.0155. The molecule has 0 aromatic rings. The van der Waals surface area contributed by atoms with Gasteiger partial charge in [-0.1, -0.05) is 47.5 Å². The van der Waals surface area contributed by atoms with Crippen LogP contribution in [0.5, 0.6) is 0 Å². The van der Waals surface area contributed by atoms with Gasteiger partial charge in [-0.05, 0) is 24.7 Å². The van der Waals surface area contributed by atoms with E-state index in [-0.39, 0.29) is 17.4 Å². The molecular weight excluding hydrogens is 236 g/mol. The van der Waals surface area contributed by atoms with E-state index in [1.54, 1.807) is 0 Å². The third-order valence-corrected chi connectivity index (χ3v) is 3.23. The Kier molecular flexibility index (Phi) is 9.07. The lowest BCUT2D eigenvalue weighted by molar-refractivity contribution is -0.131. The first-order valence-electron chi connectivity index (χ1n) is 7.83. The molecule has 2 N–H and O–H groups in total. The summed E-state index contributed by atoms with van der Waals surface area (Å²) in [7, 11) is 0. The third kappa shape index (κ3) is 9.94. The van der Waals surface area contributed by atoms with E-state index in [1.165, 1.54) is 0 Å². The molecule has 0 heterocycles. The van der Waals surface area contributed by atoms with Crippen molar-refractivity contribution < 1.29 is 4.79 Å². The molecule has 0 aliphatic heterocycles. The van der Waals surface area contributed by atoms with Crippen molar-refractivity contribution in [1.29, 1.82) is 0 Å². The maximum absolute atomic E-state index is 12.3. The van der Waals surface area contributed by atoms with E-state index in [4.69, 9.17) is 5.73 Å². The topological polar surface area (TPSA) is 46.3 Å². The second-order valence-corrected chi connectivity index (χ2v) is 6.82. The van der Waals surface area contributed by atoms with Crippen molar-refractivity contribution in [2.24, 2.45) is 11.1 Å². The van der Waals surface area contributed by atoms with E-state index >= 15 is 0 Å². The largest absolute Gasteiger partial charge is 0.343 e. The highest BCUT2D eigenvalue weighted by atomic mass is 16.2. The first-order valence-corrected chi connectivity index (χ1v) is 7.83. The van der Waals surface area contributed by atoms with Crippen molar-refractivity contribution in [2.75, 3.05) is 13.1 Å². The van der Waals surface area contributed by atoms with Crippen molar-refractivity contribution in [2.45, 2.75) is 79.2 Å². The van der Waals surface area contributed by atoms with Gasteiger partial charge in [-0.3, -0.25) is 4.79 Å². The van der Waals surface area contributed by atoms with E-state index in [9.17, 15) is 4.79 Å². The van der Waals surface area contributed by atoms with Crippen molar-refractivity contribution >= 4 is 5.91 Å². The summed E-state index contributed by atoms with van der Waals surface area (Å²) in [6.45, 7) is 12.6. The van der Waals surface area contributed by atoms with Crippen LogP contribution in [-0.2, 0) is 4.79 Å². The lowest BCUT2D eigenvalue weighted by atomic mass is 9.87. The molecule has 3 heteroatoms. The Labute approximate surface area is 119 Å². The summed E-state index contributed by atoms with van der Waals surface area (Å²) in [5.74, 6) is 0.235. The Balaban J connectivity index is 4.28. The zero-order chi connectivity index (χ0) is 14.9. The van der Waals surface area contributed by atoms with Gasteiger partial charge in [0.1, 0.15) is 0 Å². The first kappa shape index (κ1) is 18.4. The molecule has 0 radical (unpaired) electrons. The molecule has 0 aliphatic rings. The monoisotopic (exact) mass is 270 g/mol. The minimum atomic E-state index is -0.0155. The number of unbranched alkanes of at least 4 members (excludes halogenated alkanes) is 2. The number of nitrogens with two attached hydrogens (primary N) is 1. The Hall–Kier alpha value is -0.570.